The molecule has 1 aliphatic heterocycles. The molecule has 4 aromatic rings. The van der Waals surface area contributed by atoms with Crippen molar-refractivity contribution < 1.29 is 23.9 Å². The maximum absolute atomic E-state index is 13.4. The van der Waals surface area contributed by atoms with Crippen molar-refractivity contribution in [3.63, 3.8) is 0 Å². The highest BCUT2D eigenvalue weighted by molar-refractivity contribution is 6.40. The summed E-state index contributed by atoms with van der Waals surface area (Å²) in [6.45, 7) is 1.94. The zero-order valence-corrected chi connectivity index (χ0v) is 21.4. The van der Waals surface area contributed by atoms with Gasteiger partial charge >= 0.3 is 6.03 Å². The lowest BCUT2D eigenvalue weighted by Gasteiger charge is -2.28. The molecule has 1 N–H and O–H groups in total. The number of barbiturate groups is 1. The van der Waals surface area contributed by atoms with E-state index >= 15 is 0 Å². The minimum atomic E-state index is -0.843. The van der Waals surface area contributed by atoms with Gasteiger partial charge < -0.3 is 9.47 Å². The molecule has 1 saturated heterocycles. The monoisotopic (exact) mass is 526 g/mol. The number of imide groups is 2. The van der Waals surface area contributed by atoms with Crippen LogP contribution in [0.1, 0.15) is 16.7 Å². The van der Waals surface area contributed by atoms with E-state index in [9.17, 15) is 14.4 Å². The lowest BCUT2D eigenvalue weighted by atomic mass is 10.0. The molecule has 4 aromatic carbocycles. The average Bonchev–Trinajstić information content (AvgIpc) is 2.92. The molecular formula is C30H23ClN2O5. The molecule has 0 saturated carbocycles. The molecule has 0 aliphatic carbocycles. The molecule has 1 heterocycles. The Hall–Kier alpha value is -4.62. The summed E-state index contributed by atoms with van der Waals surface area (Å²) in [7, 11) is 1.54. The second-order valence-corrected chi connectivity index (χ2v) is 9.08. The number of ether oxygens (including phenoxy) is 2. The SMILES string of the molecule is COc1ccc(/C=C2\C(=O)NC(=O)N(c3cccc(Cl)c3C)C2=O)c(OCc2cccc3ccccc23)c1. The number of halogens is 1. The van der Waals surface area contributed by atoms with Gasteiger partial charge in [0.1, 0.15) is 23.7 Å². The van der Waals surface area contributed by atoms with Crippen LogP contribution in [0.2, 0.25) is 5.02 Å². The Morgan fingerprint density at radius 3 is 2.53 bits per heavy atom. The van der Waals surface area contributed by atoms with Gasteiger partial charge in [0.25, 0.3) is 11.8 Å². The van der Waals surface area contributed by atoms with E-state index in [4.69, 9.17) is 21.1 Å². The van der Waals surface area contributed by atoms with Crippen molar-refractivity contribution in [2.24, 2.45) is 0 Å². The molecule has 0 aromatic heterocycles. The van der Waals surface area contributed by atoms with E-state index in [1.807, 2.05) is 42.5 Å². The van der Waals surface area contributed by atoms with Gasteiger partial charge in [0, 0.05) is 16.7 Å². The fraction of sp³-hybridized carbons (Fsp3) is 0.100. The number of hydrogen-bond acceptors (Lipinski definition) is 5. The highest BCUT2D eigenvalue weighted by Crippen LogP contribution is 2.32. The molecule has 1 fully saturated rings. The van der Waals surface area contributed by atoms with Crippen LogP contribution >= 0.6 is 11.6 Å². The van der Waals surface area contributed by atoms with Crippen LogP contribution in [0.5, 0.6) is 11.5 Å². The van der Waals surface area contributed by atoms with Crippen molar-refractivity contribution >= 4 is 52.0 Å². The molecule has 190 valence electrons. The van der Waals surface area contributed by atoms with E-state index in [0.29, 0.717) is 33.3 Å². The number of nitrogens with zero attached hydrogens (tertiary/aromatic N) is 1. The first kappa shape index (κ1) is 25.0. The van der Waals surface area contributed by atoms with Crippen LogP contribution in [0.3, 0.4) is 0 Å². The second-order valence-electron chi connectivity index (χ2n) is 8.67. The molecule has 0 bridgehead atoms. The Balaban J connectivity index is 1.51. The van der Waals surface area contributed by atoms with Gasteiger partial charge in [-0.15, -0.1) is 0 Å². The predicted octanol–water partition coefficient (Wildman–Crippen LogP) is 6.06. The third-order valence-corrected chi connectivity index (χ3v) is 6.77. The zero-order valence-electron chi connectivity index (χ0n) is 20.7. The fourth-order valence-corrected chi connectivity index (χ4v) is 4.50. The van der Waals surface area contributed by atoms with Crippen molar-refractivity contribution in [1.82, 2.24) is 5.32 Å². The van der Waals surface area contributed by atoms with E-state index in [2.05, 4.69) is 5.32 Å². The minimum absolute atomic E-state index is 0.218. The molecule has 8 heteroatoms. The topological polar surface area (TPSA) is 84.9 Å². The molecule has 7 nitrogen and oxygen atoms in total. The summed E-state index contributed by atoms with van der Waals surface area (Å²) >= 11 is 6.21. The van der Waals surface area contributed by atoms with Crippen molar-refractivity contribution in [2.75, 3.05) is 12.0 Å². The molecule has 1 aliphatic rings. The number of benzene rings is 4. The van der Waals surface area contributed by atoms with Crippen LogP contribution < -0.4 is 19.7 Å². The third kappa shape index (κ3) is 4.71. The van der Waals surface area contributed by atoms with E-state index < -0.39 is 17.8 Å². The maximum Gasteiger partial charge on any atom is 0.335 e. The Labute approximate surface area is 224 Å². The quantitative estimate of drug-likeness (QED) is 0.244. The predicted molar refractivity (Wildman–Crippen MR) is 146 cm³/mol. The number of urea groups is 1. The Bertz CT molecular complexity index is 1620. The molecule has 0 atom stereocenters. The number of rotatable bonds is 6. The van der Waals surface area contributed by atoms with Crippen molar-refractivity contribution in [2.45, 2.75) is 13.5 Å². The smallest absolute Gasteiger partial charge is 0.335 e. The second kappa shape index (κ2) is 10.4. The van der Waals surface area contributed by atoms with Crippen molar-refractivity contribution in [3.05, 3.63) is 106 Å². The van der Waals surface area contributed by atoms with Crippen LogP contribution in [0.4, 0.5) is 10.5 Å². The molecule has 4 amide bonds. The van der Waals surface area contributed by atoms with Gasteiger partial charge in [0.15, 0.2) is 0 Å². The van der Waals surface area contributed by atoms with Gasteiger partial charge in [-0.2, -0.15) is 0 Å². The highest BCUT2D eigenvalue weighted by Gasteiger charge is 2.37. The average molecular weight is 527 g/mol. The van der Waals surface area contributed by atoms with Gasteiger partial charge in [-0.25, -0.2) is 9.69 Å². The van der Waals surface area contributed by atoms with Crippen molar-refractivity contribution in [1.29, 1.82) is 0 Å². The van der Waals surface area contributed by atoms with Gasteiger partial charge in [-0.05, 0) is 59.2 Å². The molecule has 5 rings (SSSR count). The van der Waals surface area contributed by atoms with E-state index in [0.717, 1.165) is 21.2 Å². The Morgan fingerprint density at radius 1 is 0.947 bits per heavy atom. The first-order chi connectivity index (χ1) is 18.4. The third-order valence-electron chi connectivity index (χ3n) is 6.37. The molecule has 38 heavy (non-hydrogen) atoms. The molecule has 0 unspecified atom stereocenters. The van der Waals surface area contributed by atoms with E-state index in [1.165, 1.54) is 13.2 Å². The zero-order chi connectivity index (χ0) is 26.8. The number of nitrogens with one attached hydrogen (secondary N) is 1. The molecular weight excluding hydrogens is 504 g/mol. The van der Waals surface area contributed by atoms with Gasteiger partial charge in [0.05, 0.1) is 12.8 Å². The number of amides is 4. The van der Waals surface area contributed by atoms with Gasteiger partial charge in [0.2, 0.25) is 0 Å². The van der Waals surface area contributed by atoms with E-state index in [-0.39, 0.29) is 12.2 Å². The summed E-state index contributed by atoms with van der Waals surface area (Å²) in [6, 6.07) is 23.1. The number of hydrogen-bond donors (Lipinski definition) is 1. The first-order valence-corrected chi connectivity index (χ1v) is 12.2. The largest absolute Gasteiger partial charge is 0.497 e. The first-order valence-electron chi connectivity index (χ1n) is 11.8. The summed E-state index contributed by atoms with van der Waals surface area (Å²) in [5, 5.41) is 4.79. The summed E-state index contributed by atoms with van der Waals surface area (Å²) in [5.74, 6) is -0.606. The summed E-state index contributed by atoms with van der Waals surface area (Å²) in [4.78, 5) is 39.8. The van der Waals surface area contributed by atoms with Crippen LogP contribution in [0, 0.1) is 6.92 Å². The van der Waals surface area contributed by atoms with Gasteiger partial charge in [-0.3, -0.25) is 14.9 Å². The maximum atomic E-state index is 13.4. The fourth-order valence-electron chi connectivity index (χ4n) is 4.33. The number of methoxy groups -OCH3 is 1. The Kier molecular flexibility index (Phi) is 6.85. The number of carbonyl (C=O) groups excluding carboxylic acids is 3. The minimum Gasteiger partial charge on any atom is -0.497 e. The summed E-state index contributed by atoms with van der Waals surface area (Å²) in [6.07, 6.45) is 1.41. The van der Waals surface area contributed by atoms with Crippen LogP contribution in [-0.2, 0) is 16.2 Å². The van der Waals surface area contributed by atoms with E-state index in [1.54, 1.807) is 43.3 Å². The van der Waals surface area contributed by atoms with Crippen molar-refractivity contribution in [3.8, 4) is 11.5 Å². The number of fused-ring (bicyclic) bond motifs is 1. The van der Waals surface area contributed by atoms with Crippen LogP contribution in [-0.4, -0.2) is 25.0 Å². The summed E-state index contributed by atoms with van der Waals surface area (Å²) < 4.78 is 11.6. The summed E-state index contributed by atoms with van der Waals surface area (Å²) in [5.41, 5.74) is 2.06. The lowest BCUT2D eigenvalue weighted by Crippen LogP contribution is -2.54. The number of anilines is 1. The van der Waals surface area contributed by atoms with Crippen LogP contribution in [0.15, 0.2) is 84.4 Å². The highest BCUT2D eigenvalue weighted by atomic mass is 35.5. The van der Waals surface area contributed by atoms with Crippen LogP contribution in [0.25, 0.3) is 16.8 Å². The Morgan fingerprint density at radius 2 is 1.71 bits per heavy atom. The molecule has 0 spiro atoms. The number of carbonyl (C=O) groups is 3. The standard InChI is InChI=1S/C30H23ClN2O5/c1-18-25(31)11-6-12-26(18)33-29(35)24(28(34)32-30(33)36)15-20-13-14-22(37-2)16-27(20)38-17-21-9-5-8-19-7-3-4-10-23(19)21/h3-16H,17H2,1-2H3,(H,32,34,36)/b24-15+. The lowest BCUT2D eigenvalue weighted by molar-refractivity contribution is -0.122. The molecule has 0 radical (unpaired) electrons. The van der Waals surface area contributed by atoms with Gasteiger partial charge in [-0.1, -0.05) is 60.1 Å². The normalized spacial score (nSPS) is 14.7.